The molecule has 24 heavy (non-hydrogen) atoms. The normalized spacial score (nSPS) is 13.9. The summed E-state index contributed by atoms with van der Waals surface area (Å²) in [4.78, 5) is 39.3. The summed E-state index contributed by atoms with van der Waals surface area (Å²) in [5.74, 6) is -0.366. The highest BCUT2D eigenvalue weighted by Crippen LogP contribution is 2.33. The molecule has 1 aliphatic carbocycles. The Morgan fingerprint density at radius 1 is 1.29 bits per heavy atom. The number of aromatic nitrogens is 2. The van der Waals surface area contributed by atoms with E-state index in [1.807, 2.05) is 0 Å². The molecule has 0 atom stereocenters. The number of thiophene rings is 1. The van der Waals surface area contributed by atoms with Gasteiger partial charge in [-0.25, -0.2) is 4.79 Å². The number of nitrogens with one attached hydrogen (secondary N) is 1. The predicted molar refractivity (Wildman–Crippen MR) is 92.9 cm³/mol. The van der Waals surface area contributed by atoms with Crippen molar-refractivity contribution in [2.45, 2.75) is 32.2 Å². The van der Waals surface area contributed by atoms with E-state index >= 15 is 0 Å². The molecule has 130 valence electrons. The average molecular weight is 351 g/mol. The summed E-state index contributed by atoms with van der Waals surface area (Å²) >= 11 is 1.53. The topological polar surface area (TPSA) is 82.3 Å². The molecular weight excluding hydrogens is 330 g/mol. The van der Waals surface area contributed by atoms with Crippen LogP contribution in [0.15, 0.2) is 9.59 Å². The maximum Gasteiger partial charge on any atom is 0.332 e. The molecule has 2 aromatic heterocycles. The summed E-state index contributed by atoms with van der Waals surface area (Å²) in [5, 5.41) is 3.25. The Morgan fingerprint density at radius 3 is 2.79 bits per heavy atom. The molecule has 2 aromatic rings. The Hall–Kier alpha value is -1.93. The van der Waals surface area contributed by atoms with E-state index in [-0.39, 0.29) is 18.0 Å². The number of methoxy groups -OCH3 is 1. The van der Waals surface area contributed by atoms with Crippen molar-refractivity contribution in [1.29, 1.82) is 0 Å². The highest BCUT2D eigenvalue weighted by atomic mass is 32.1. The van der Waals surface area contributed by atoms with Gasteiger partial charge in [-0.2, -0.15) is 0 Å². The van der Waals surface area contributed by atoms with Crippen LogP contribution in [0.1, 0.15) is 23.3 Å². The summed E-state index contributed by atoms with van der Waals surface area (Å²) < 4.78 is 7.39. The summed E-state index contributed by atoms with van der Waals surface area (Å²) in [7, 11) is 3.20. The number of ether oxygens (including phenoxy) is 1. The summed E-state index contributed by atoms with van der Waals surface area (Å²) in [6.45, 7) is 0.464. The lowest BCUT2D eigenvalue weighted by molar-refractivity contribution is -0.121. The van der Waals surface area contributed by atoms with Crippen molar-refractivity contribution in [3.63, 3.8) is 0 Å². The first kappa shape index (κ1) is 16.9. The zero-order valence-corrected chi connectivity index (χ0v) is 14.7. The minimum absolute atomic E-state index is 0.268. The van der Waals surface area contributed by atoms with Gasteiger partial charge in [0.25, 0.3) is 5.56 Å². The second-order valence-electron chi connectivity index (χ2n) is 5.97. The first-order chi connectivity index (χ1) is 11.5. The van der Waals surface area contributed by atoms with E-state index in [9.17, 15) is 14.4 Å². The van der Waals surface area contributed by atoms with Crippen LogP contribution in [0.25, 0.3) is 10.2 Å². The standard InChI is InChI=1S/C16H21N3O4S/c1-18-15-13(10-5-3-4-6-11(10)24-15)14(21)19(16(18)22)9-12(20)17-7-8-23-2/h3-9H2,1-2H3,(H,17,20). The zero-order valence-electron chi connectivity index (χ0n) is 13.9. The van der Waals surface area contributed by atoms with E-state index in [1.165, 1.54) is 20.8 Å². The number of hydrogen-bond acceptors (Lipinski definition) is 5. The van der Waals surface area contributed by atoms with Crippen molar-refractivity contribution in [2.75, 3.05) is 20.3 Å². The lowest BCUT2D eigenvalue weighted by atomic mass is 9.97. The predicted octanol–water partition coefficient (Wildman–Crippen LogP) is 0.403. The van der Waals surface area contributed by atoms with Gasteiger partial charge in [-0.1, -0.05) is 0 Å². The first-order valence-corrected chi connectivity index (χ1v) is 8.86. The third kappa shape index (κ3) is 2.91. The van der Waals surface area contributed by atoms with Crippen LogP contribution in [0.2, 0.25) is 0 Å². The van der Waals surface area contributed by atoms with Gasteiger partial charge in [-0.05, 0) is 31.2 Å². The molecule has 1 N–H and O–H groups in total. The Labute approximate surface area is 142 Å². The summed E-state index contributed by atoms with van der Waals surface area (Å²) in [5.41, 5.74) is 0.262. The molecule has 0 saturated carbocycles. The van der Waals surface area contributed by atoms with Crippen LogP contribution in [-0.2, 0) is 36.0 Å². The van der Waals surface area contributed by atoms with Crippen LogP contribution in [0.4, 0.5) is 0 Å². The first-order valence-electron chi connectivity index (χ1n) is 8.04. The van der Waals surface area contributed by atoms with Crippen LogP contribution < -0.4 is 16.6 Å². The molecule has 1 aliphatic rings. The molecule has 0 aliphatic heterocycles. The van der Waals surface area contributed by atoms with Crippen LogP contribution >= 0.6 is 11.3 Å². The molecule has 0 fully saturated rings. The average Bonchev–Trinajstić information content (AvgIpc) is 2.97. The molecular formula is C16H21N3O4S. The number of amides is 1. The van der Waals surface area contributed by atoms with E-state index in [0.29, 0.717) is 23.4 Å². The van der Waals surface area contributed by atoms with E-state index < -0.39 is 5.69 Å². The highest BCUT2D eigenvalue weighted by molar-refractivity contribution is 7.18. The molecule has 8 heteroatoms. The van der Waals surface area contributed by atoms with Gasteiger partial charge in [-0.15, -0.1) is 11.3 Å². The maximum absolute atomic E-state index is 12.9. The monoisotopic (exact) mass is 351 g/mol. The van der Waals surface area contributed by atoms with Crippen LogP contribution in [0, 0.1) is 0 Å². The minimum atomic E-state index is -0.451. The number of nitrogens with zero attached hydrogens (tertiary/aromatic N) is 2. The second kappa shape index (κ2) is 6.90. The minimum Gasteiger partial charge on any atom is -0.383 e. The molecule has 0 spiro atoms. The molecule has 0 bridgehead atoms. The fourth-order valence-electron chi connectivity index (χ4n) is 3.13. The molecule has 0 radical (unpaired) electrons. The molecule has 1 amide bonds. The van der Waals surface area contributed by atoms with Gasteiger partial charge in [0.15, 0.2) is 0 Å². The number of rotatable bonds is 5. The third-order valence-corrected chi connectivity index (χ3v) is 5.73. The molecule has 0 unspecified atom stereocenters. The van der Waals surface area contributed by atoms with Crippen LogP contribution in [0.3, 0.4) is 0 Å². The zero-order chi connectivity index (χ0) is 17.3. The highest BCUT2D eigenvalue weighted by Gasteiger charge is 2.23. The van der Waals surface area contributed by atoms with Crippen LogP contribution in [0.5, 0.6) is 0 Å². The van der Waals surface area contributed by atoms with E-state index in [1.54, 1.807) is 14.2 Å². The number of carbonyl (C=O) groups is 1. The van der Waals surface area contributed by atoms with Crippen LogP contribution in [-0.4, -0.2) is 35.3 Å². The van der Waals surface area contributed by atoms with Gasteiger partial charge in [0.2, 0.25) is 5.91 Å². The van der Waals surface area contributed by atoms with E-state index in [0.717, 1.165) is 35.8 Å². The molecule has 0 saturated heterocycles. The third-order valence-electron chi connectivity index (χ3n) is 4.36. The van der Waals surface area contributed by atoms with E-state index in [4.69, 9.17) is 4.74 Å². The van der Waals surface area contributed by atoms with Crippen molar-refractivity contribution in [2.24, 2.45) is 7.05 Å². The lowest BCUT2D eigenvalue weighted by Gasteiger charge is -2.11. The van der Waals surface area contributed by atoms with Crippen molar-refractivity contribution in [3.8, 4) is 0 Å². The summed E-state index contributed by atoms with van der Waals surface area (Å²) in [6, 6.07) is 0. The largest absolute Gasteiger partial charge is 0.383 e. The van der Waals surface area contributed by atoms with Crippen molar-refractivity contribution in [3.05, 3.63) is 31.3 Å². The maximum atomic E-state index is 12.9. The number of carbonyl (C=O) groups excluding carboxylic acids is 1. The van der Waals surface area contributed by atoms with E-state index in [2.05, 4.69) is 5.32 Å². The molecule has 3 rings (SSSR count). The molecule has 7 nitrogen and oxygen atoms in total. The van der Waals surface area contributed by atoms with Crippen molar-refractivity contribution in [1.82, 2.24) is 14.5 Å². The van der Waals surface area contributed by atoms with Gasteiger partial charge in [-0.3, -0.25) is 18.7 Å². The Balaban J connectivity index is 2.04. The Kier molecular flexibility index (Phi) is 4.86. The second-order valence-corrected chi connectivity index (χ2v) is 7.05. The van der Waals surface area contributed by atoms with Gasteiger partial charge < -0.3 is 10.1 Å². The van der Waals surface area contributed by atoms with Gasteiger partial charge in [0, 0.05) is 25.6 Å². The van der Waals surface area contributed by atoms with Crippen molar-refractivity contribution >= 4 is 27.5 Å². The number of hydrogen-bond donors (Lipinski definition) is 1. The quantitative estimate of drug-likeness (QED) is 0.791. The van der Waals surface area contributed by atoms with Gasteiger partial charge >= 0.3 is 5.69 Å². The fraction of sp³-hybridized carbons (Fsp3) is 0.562. The molecule has 0 aromatic carbocycles. The number of fused-ring (bicyclic) bond motifs is 3. The summed E-state index contributed by atoms with van der Waals surface area (Å²) in [6.07, 6.45) is 3.99. The van der Waals surface area contributed by atoms with Gasteiger partial charge in [0.05, 0.1) is 12.0 Å². The SMILES string of the molecule is COCCNC(=O)Cn1c(=O)c2c3c(sc2n(C)c1=O)CCCC3. The Bertz CT molecular complexity index is 893. The molecule has 2 heterocycles. The smallest absolute Gasteiger partial charge is 0.332 e. The number of aryl methyl sites for hydroxylation is 3. The van der Waals surface area contributed by atoms with Crippen molar-refractivity contribution < 1.29 is 9.53 Å². The Morgan fingerprint density at radius 2 is 2.04 bits per heavy atom. The lowest BCUT2D eigenvalue weighted by Crippen LogP contribution is -2.43. The van der Waals surface area contributed by atoms with Gasteiger partial charge in [0.1, 0.15) is 11.4 Å². The fourth-order valence-corrected chi connectivity index (χ4v) is 4.46.